The number of aromatic nitrogens is 1. The van der Waals surface area contributed by atoms with Gasteiger partial charge in [0.2, 0.25) is 5.91 Å². The summed E-state index contributed by atoms with van der Waals surface area (Å²) in [5.41, 5.74) is 2.87. The number of aryl methyl sites for hydroxylation is 2. The van der Waals surface area contributed by atoms with Gasteiger partial charge in [0.05, 0.1) is 12.8 Å². The Bertz CT molecular complexity index is 1130. The van der Waals surface area contributed by atoms with Gasteiger partial charge in [-0.25, -0.2) is 8.42 Å². The van der Waals surface area contributed by atoms with Crippen molar-refractivity contribution in [1.82, 2.24) is 4.98 Å². The molecule has 156 valence electrons. The molecule has 0 bridgehead atoms. The van der Waals surface area contributed by atoms with E-state index in [0.717, 1.165) is 15.4 Å². The molecule has 3 aromatic rings. The monoisotopic (exact) mass is 425 g/mol. The molecule has 0 saturated heterocycles. The number of sulfonamides is 1. The molecular formula is C22H23N3O4S. The second-order valence-electron chi connectivity index (χ2n) is 6.76. The van der Waals surface area contributed by atoms with Crippen molar-refractivity contribution in [2.45, 2.75) is 18.7 Å². The summed E-state index contributed by atoms with van der Waals surface area (Å²) in [5.74, 6) is 0.129. The van der Waals surface area contributed by atoms with E-state index in [1.807, 2.05) is 32.0 Å². The molecule has 0 aliphatic heterocycles. The zero-order valence-corrected chi connectivity index (χ0v) is 17.8. The highest BCUT2D eigenvalue weighted by molar-refractivity contribution is 7.92. The largest absolute Gasteiger partial charge is 0.497 e. The molecule has 1 N–H and O–H groups in total. The lowest BCUT2D eigenvalue weighted by Crippen LogP contribution is -2.38. The quantitative estimate of drug-likeness (QED) is 0.625. The van der Waals surface area contributed by atoms with Crippen molar-refractivity contribution in [1.29, 1.82) is 0 Å². The molecule has 0 saturated carbocycles. The topological polar surface area (TPSA) is 88.6 Å². The molecule has 1 aromatic heterocycles. The van der Waals surface area contributed by atoms with Crippen LogP contribution in [0.5, 0.6) is 5.75 Å². The van der Waals surface area contributed by atoms with Crippen molar-refractivity contribution in [3.05, 3.63) is 78.1 Å². The van der Waals surface area contributed by atoms with Gasteiger partial charge in [-0.2, -0.15) is 0 Å². The van der Waals surface area contributed by atoms with E-state index in [9.17, 15) is 13.2 Å². The number of methoxy groups -OCH3 is 1. The molecule has 0 fully saturated rings. The average molecular weight is 426 g/mol. The lowest BCUT2D eigenvalue weighted by Gasteiger charge is -2.24. The first kappa shape index (κ1) is 21.3. The number of pyridine rings is 1. The lowest BCUT2D eigenvalue weighted by molar-refractivity contribution is -0.114. The number of nitrogens with one attached hydrogen (secondary N) is 1. The van der Waals surface area contributed by atoms with Crippen LogP contribution in [0, 0.1) is 13.8 Å². The van der Waals surface area contributed by atoms with E-state index in [1.165, 1.54) is 31.6 Å². The molecule has 0 radical (unpaired) electrons. The summed E-state index contributed by atoms with van der Waals surface area (Å²) in [6, 6.07) is 15.2. The zero-order chi connectivity index (χ0) is 21.7. The summed E-state index contributed by atoms with van der Waals surface area (Å²) < 4.78 is 32.7. The Morgan fingerprint density at radius 3 is 2.47 bits per heavy atom. The summed E-state index contributed by atoms with van der Waals surface area (Å²) in [5, 5.41) is 2.81. The standard InChI is InChI=1S/C22H23N3O4S/c1-16-6-7-17(2)21(13-16)24-22(26)15-25(18-8-10-19(29-3)11-9-18)30(27,28)20-5-4-12-23-14-20/h4-14H,15H2,1-3H3,(H,24,26). The Morgan fingerprint density at radius 1 is 1.10 bits per heavy atom. The first-order valence-electron chi connectivity index (χ1n) is 9.25. The third-order valence-corrected chi connectivity index (χ3v) is 6.29. The summed E-state index contributed by atoms with van der Waals surface area (Å²) >= 11 is 0. The fourth-order valence-electron chi connectivity index (χ4n) is 2.88. The summed E-state index contributed by atoms with van der Waals surface area (Å²) in [6.45, 7) is 3.41. The van der Waals surface area contributed by atoms with E-state index in [-0.39, 0.29) is 4.90 Å². The predicted molar refractivity (Wildman–Crippen MR) is 116 cm³/mol. The molecule has 0 aliphatic carbocycles. The van der Waals surface area contributed by atoms with Gasteiger partial charge in [0, 0.05) is 18.1 Å². The number of carbonyl (C=O) groups is 1. The number of amides is 1. The average Bonchev–Trinajstić information content (AvgIpc) is 2.75. The number of nitrogens with zero attached hydrogens (tertiary/aromatic N) is 2. The van der Waals surface area contributed by atoms with Crippen LogP contribution in [0.15, 0.2) is 71.9 Å². The van der Waals surface area contributed by atoms with Crippen LogP contribution in [0.2, 0.25) is 0 Å². The SMILES string of the molecule is COc1ccc(N(CC(=O)Nc2cc(C)ccc2C)S(=O)(=O)c2cccnc2)cc1. The van der Waals surface area contributed by atoms with Crippen LogP contribution in [0.4, 0.5) is 11.4 Å². The maximum Gasteiger partial charge on any atom is 0.266 e. The summed E-state index contributed by atoms with van der Waals surface area (Å²) in [6.07, 6.45) is 2.75. The van der Waals surface area contributed by atoms with E-state index < -0.39 is 22.5 Å². The molecule has 0 spiro atoms. The highest BCUT2D eigenvalue weighted by Crippen LogP contribution is 2.26. The van der Waals surface area contributed by atoms with Gasteiger partial charge < -0.3 is 10.1 Å². The van der Waals surface area contributed by atoms with Crippen molar-refractivity contribution in [3.8, 4) is 5.75 Å². The summed E-state index contributed by atoms with van der Waals surface area (Å²) in [7, 11) is -2.49. The Balaban J connectivity index is 1.94. The third-order valence-electron chi connectivity index (χ3n) is 4.54. The number of carbonyl (C=O) groups excluding carboxylic acids is 1. The zero-order valence-electron chi connectivity index (χ0n) is 17.0. The Morgan fingerprint density at radius 2 is 1.83 bits per heavy atom. The van der Waals surface area contributed by atoms with Gasteiger partial charge in [0.1, 0.15) is 17.2 Å². The van der Waals surface area contributed by atoms with Crippen LogP contribution in [-0.2, 0) is 14.8 Å². The Hall–Kier alpha value is -3.39. The number of rotatable bonds is 7. The van der Waals surface area contributed by atoms with Gasteiger partial charge in [0.25, 0.3) is 10.0 Å². The van der Waals surface area contributed by atoms with Crippen molar-refractivity contribution in [2.75, 3.05) is 23.3 Å². The molecule has 7 nitrogen and oxygen atoms in total. The van der Waals surface area contributed by atoms with Crippen LogP contribution in [0.1, 0.15) is 11.1 Å². The van der Waals surface area contributed by atoms with Gasteiger partial charge in [-0.05, 0) is 67.4 Å². The molecule has 3 rings (SSSR count). The van der Waals surface area contributed by atoms with Crippen molar-refractivity contribution < 1.29 is 17.9 Å². The van der Waals surface area contributed by atoms with Gasteiger partial charge in [-0.3, -0.25) is 14.1 Å². The molecule has 1 heterocycles. The van der Waals surface area contributed by atoms with E-state index in [2.05, 4.69) is 10.3 Å². The molecule has 8 heteroatoms. The minimum absolute atomic E-state index is 0.000328. The predicted octanol–water partition coefficient (Wildman–Crippen LogP) is 3.54. The number of benzene rings is 2. The van der Waals surface area contributed by atoms with Crippen LogP contribution in [0.25, 0.3) is 0 Å². The van der Waals surface area contributed by atoms with Crippen molar-refractivity contribution in [2.24, 2.45) is 0 Å². The van der Waals surface area contributed by atoms with Crippen molar-refractivity contribution in [3.63, 3.8) is 0 Å². The van der Waals surface area contributed by atoms with Crippen LogP contribution < -0.4 is 14.4 Å². The van der Waals surface area contributed by atoms with E-state index in [1.54, 1.807) is 24.3 Å². The fraction of sp³-hybridized carbons (Fsp3) is 0.182. The summed E-state index contributed by atoms with van der Waals surface area (Å²) in [4.78, 5) is 16.7. The number of hydrogen-bond donors (Lipinski definition) is 1. The van der Waals surface area contributed by atoms with E-state index in [0.29, 0.717) is 17.1 Å². The van der Waals surface area contributed by atoms with Crippen LogP contribution in [-0.4, -0.2) is 33.0 Å². The van der Waals surface area contributed by atoms with Crippen LogP contribution >= 0.6 is 0 Å². The maximum absolute atomic E-state index is 13.3. The van der Waals surface area contributed by atoms with Crippen LogP contribution in [0.3, 0.4) is 0 Å². The van der Waals surface area contributed by atoms with Gasteiger partial charge >= 0.3 is 0 Å². The second-order valence-corrected chi connectivity index (χ2v) is 8.63. The molecule has 2 aromatic carbocycles. The highest BCUT2D eigenvalue weighted by Gasteiger charge is 2.27. The lowest BCUT2D eigenvalue weighted by atomic mass is 10.1. The molecule has 30 heavy (non-hydrogen) atoms. The molecule has 0 aliphatic rings. The fourth-order valence-corrected chi connectivity index (χ4v) is 4.27. The van der Waals surface area contributed by atoms with Gasteiger partial charge in [0.15, 0.2) is 0 Å². The number of ether oxygens (including phenoxy) is 1. The van der Waals surface area contributed by atoms with Gasteiger partial charge in [-0.15, -0.1) is 0 Å². The minimum atomic E-state index is -4.01. The smallest absolute Gasteiger partial charge is 0.266 e. The van der Waals surface area contributed by atoms with E-state index >= 15 is 0 Å². The van der Waals surface area contributed by atoms with E-state index in [4.69, 9.17) is 4.74 Å². The molecular weight excluding hydrogens is 402 g/mol. The second kappa shape index (κ2) is 8.96. The highest BCUT2D eigenvalue weighted by atomic mass is 32.2. The Labute approximate surface area is 176 Å². The number of anilines is 2. The third kappa shape index (κ3) is 4.77. The molecule has 0 atom stereocenters. The molecule has 1 amide bonds. The minimum Gasteiger partial charge on any atom is -0.497 e. The first-order chi connectivity index (χ1) is 14.3. The van der Waals surface area contributed by atoms with Crippen molar-refractivity contribution >= 4 is 27.3 Å². The number of hydrogen-bond acceptors (Lipinski definition) is 5. The maximum atomic E-state index is 13.3. The Kier molecular flexibility index (Phi) is 6.37. The molecule has 0 unspecified atom stereocenters. The first-order valence-corrected chi connectivity index (χ1v) is 10.7. The normalized spacial score (nSPS) is 11.0. The van der Waals surface area contributed by atoms with Gasteiger partial charge in [-0.1, -0.05) is 12.1 Å².